The number of carboxylic acid groups (broad SMARTS) is 1. The van der Waals surface area contributed by atoms with E-state index in [1.54, 1.807) is 0 Å². The molecule has 1 saturated carbocycles. The molecule has 0 saturated heterocycles. The van der Waals surface area contributed by atoms with E-state index < -0.39 is 5.97 Å². The van der Waals surface area contributed by atoms with Crippen molar-refractivity contribution in [2.24, 2.45) is 11.8 Å². The van der Waals surface area contributed by atoms with Crippen LogP contribution in [0.25, 0.3) is 0 Å². The number of aliphatic carboxylic acids is 1. The van der Waals surface area contributed by atoms with Gasteiger partial charge in [-0.1, -0.05) is 28.1 Å². The first-order valence-electron chi connectivity index (χ1n) is 5.56. The van der Waals surface area contributed by atoms with E-state index in [0.29, 0.717) is 5.92 Å². The first kappa shape index (κ1) is 11.6. The zero-order chi connectivity index (χ0) is 11.7. The van der Waals surface area contributed by atoms with E-state index in [-0.39, 0.29) is 5.92 Å². The molecule has 1 aliphatic carbocycles. The van der Waals surface area contributed by atoms with Crippen molar-refractivity contribution < 1.29 is 9.90 Å². The molecule has 0 spiro atoms. The molecule has 0 amide bonds. The molecule has 0 radical (unpaired) electrons. The largest absolute Gasteiger partial charge is 0.481 e. The van der Waals surface area contributed by atoms with Gasteiger partial charge in [-0.15, -0.1) is 0 Å². The lowest BCUT2D eigenvalue weighted by molar-refractivity contribution is -0.138. The van der Waals surface area contributed by atoms with Crippen LogP contribution in [0, 0.1) is 18.8 Å². The van der Waals surface area contributed by atoms with Gasteiger partial charge < -0.3 is 5.11 Å². The standard InChI is InChI=1S/C13H15BrO2/c1-8-6-9(3-5-12(8)14)2-4-10-7-11(10)13(15)16/h3,5-6,10-11H,2,4,7H2,1H3,(H,15,16). The number of aryl methyl sites for hydroxylation is 2. The van der Waals surface area contributed by atoms with Gasteiger partial charge in [0, 0.05) is 4.47 Å². The quantitative estimate of drug-likeness (QED) is 0.919. The van der Waals surface area contributed by atoms with Crippen molar-refractivity contribution in [3.8, 4) is 0 Å². The lowest BCUT2D eigenvalue weighted by Crippen LogP contribution is -2.00. The summed E-state index contributed by atoms with van der Waals surface area (Å²) < 4.78 is 1.13. The van der Waals surface area contributed by atoms with Crippen molar-refractivity contribution in [3.63, 3.8) is 0 Å². The fourth-order valence-corrected chi connectivity index (χ4v) is 2.33. The van der Waals surface area contributed by atoms with Crippen LogP contribution in [0.2, 0.25) is 0 Å². The van der Waals surface area contributed by atoms with E-state index in [0.717, 1.165) is 23.7 Å². The molecule has 1 aliphatic rings. The van der Waals surface area contributed by atoms with Gasteiger partial charge in [-0.2, -0.15) is 0 Å². The molecule has 1 N–H and O–H groups in total. The highest BCUT2D eigenvalue weighted by Crippen LogP contribution is 2.42. The SMILES string of the molecule is Cc1cc(CCC2CC2C(=O)O)ccc1Br. The predicted molar refractivity (Wildman–Crippen MR) is 66.4 cm³/mol. The van der Waals surface area contributed by atoms with Crippen LogP contribution in [-0.2, 0) is 11.2 Å². The highest BCUT2D eigenvalue weighted by molar-refractivity contribution is 9.10. The van der Waals surface area contributed by atoms with Crippen molar-refractivity contribution >= 4 is 21.9 Å². The first-order valence-corrected chi connectivity index (χ1v) is 6.35. The number of carbonyl (C=O) groups is 1. The van der Waals surface area contributed by atoms with E-state index in [1.165, 1.54) is 11.1 Å². The molecule has 3 heteroatoms. The van der Waals surface area contributed by atoms with E-state index in [9.17, 15) is 4.79 Å². The molecule has 0 aromatic heterocycles. The van der Waals surface area contributed by atoms with E-state index in [4.69, 9.17) is 5.11 Å². The van der Waals surface area contributed by atoms with Crippen molar-refractivity contribution in [2.75, 3.05) is 0 Å². The van der Waals surface area contributed by atoms with Crippen molar-refractivity contribution in [2.45, 2.75) is 26.2 Å². The molecule has 2 nitrogen and oxygen atoms in total. The Labute approximate surface area is 104 Å². The maximum Gasteiger partial charge on any atom is 0.306 e. The Bertz CT molecular complexity index is 414. The molecule has 2 atom stereocenters. The monoisotopic (exact) mass is 282 g/mol. The Kier molecular flexibility index (Phi) is 3.33. The second-order valence-corrected chi connectivity index (χ2v) is 5.42. The van der Waals surface area contributed by atoms with Crippen LogP contribution in [0.15, 0.2) is 22.7 Å². The molecule has 1 fully saturated rings. The fourth-order valence-electron chi connectivity index (χ4n) is 2.08. The van der Waals surface area contributed by atoms with E-state index >= 15 is 0 Å². The minimum Gasteiger partial charge on any atom is -0.481 e. The maximum absolute atomic E-state index is 10.7. The Balaban J connectivity index is 1.87. The van der Waals surface area contributed by atoms with Crippen LogP contribution >= 0.6 is 15.9 Å². The number of rotatable bonds is 4. The molecule has 1 aromatic carbocycles. The van der Waals surface area contributed by atoms with Gasteiger partial charge in [0.25, 0.3) is 0 Å². The zero-order valence-corrected chi connectivity index (χ0v) is 10.8. The molecule has 1 aromatic rings. The Morgan fingerprint density at radius 2 is 2.31 bits per heavy atom. The summed E-state index contributed by atoms with van der Waals surface area (Å²) in [5.41, 5.74) is 2.54. The number of hydrogen-bond acceptors (Lipinski definition) is 1. The van der Waals surface area contributed by atoms with E-state index in [1.807, 2.05) is 0 Å². The summed E-state index contributed by atoms with van der Waals surface area (Å²) in [6, 6.07) is 6.34. The second-order valence-electron chi connectivity index (χ2n) is 4.56. The van der Waals surface area contributed by atoms with Gasteiger partial charge >= 0.3 is 5.97 Å². The number of benzene rings is 1. The van der Waals surface area contributed by atoms with Crippen molar-refractivity contribution in [3.05, 3.63) is 33.8 Å². The Morgan fingerprint density at radius 1 is 1.56 bits per heavy atom. The summed E-state index contributed by atoms with van der Waals surface area (Å²) in [6.07, 6.45) is 2.85. The first-order chi connectivity index (χ1) is 7.58. The van der Waals surface area contributed by atoms with Gasteiger partial charge in [-0.3, -0.25) is 4.79 Å². The van der Waals surface area contributed by atoms with Crippen LogP contribution in [0.1, 0.15) is 24.0 Å². The fraction of sp³-hybridized carbons (Fsp3) is 0.462. The van der Waals surface area contributed by atoms with Crippen LogP contribution in [0.4, 0.5) is 0 Å². The van der Waals surface area contributed by atoms with Crippen molar-refractivity contribution in [1.82, 2.24) is 0 Å². The summed E-state index contributed by atoms with van der Waals surface area (Å²) in [5, 5.41) is 8.80. The molecule has 16 heavy (non-hydrogen) atoms. The van der Waals surface area contributed by atoms with Gasteiger partial charge in [-0.25, -0.2) is 0 Å². The smallest absolute Gasteiger partial charge is 0.306 e. The Morgan fingerprint density at radius 3 is 2.88 bits per heavy atom. The lowest BCUT2D eigenvalue weighted by Gasteiger charge is -2.03. The maximum atomic E-state index is 10.7. The molecule has 2 unspecified atom stereocenters. The second kappa shape index (κ2) is 4.58. The van der Waals surface area contributed by atoms with Gasteiger partial charge in [0.2, 0.25) is 0 Å². The average molecular weight is 283 g/mol. The summed E-state index contributed by atoms with van der Waals surface area (Å²) in [6.45, 7) is 2.07. The zero-order valence-electron chi connectivity index (χ0n) is 9.24. The van der Waals surface area contributed by atoms with Crippen LogP contribution < -0.4 is 0 Å². The molecule has 0 bridgehead atoms. The molecular formula is C13H15BrO2. The van der Waals surface area contributed by atoms with Gasteiger partial charge in [-0.05, 0) is 49.3 Å². The summed E-state index contributed by atoms with van der Waals surface area (Å²) in [7, 11) is 0. The average Bonchev–Trinajstić information content (AvgIpc) is 2.99. The summed E-state index contributed by atoms with van der Waals surface area (Å²) >= 11 is 3.47. The highest BCUT2D eigenvalue weighted by Gasteiger charge is 2.42. The van der Waals surface area contributed by atoms with Crippen LogP contribution in [-0.4, -0.2) is 11.1 Å². The predicted octanol–water partition coefficient (Wildman–Crippen LogP) is 3.41. The summed E-state index contributed by atoms with van der Waals surface area (Å²) in [5.74, 6) is -0.296. The van der Waals surface area contributed by atoms with Gasteiger partial charge in [0.05, 0.1) is 5.92 Å². The lowest BCUT2D eigenvalue weighted by atomic mass is 10.0. The molecule has 0 aliphatic heterocycles. The highest BCUT2D eigenvalue weighted by atomic mass is 79.9. The number of carboxylic acids is 1. The Hall–Kier alpha value is -0.830. The number of hydrogen-bond donors (Lipinski definition) is 1. The third kappa shape index (κ3) is 2.64. The number of halogens is 1. The van der Waals surface area contributed by atoms with Gasteiger partial charge in [0.15, 0.2) is 0 Å². The van der Waals surface area contributed by atoms with Crippen LogP contribution in [0.3, 0.4) is 0 Å². The molecule has 0 heterocycles. The van der Waals surface area contributed by atoms with Crippen molar-refractivity contribution in [1.29, 1.82) is 0 Å². The normalized spacial score (nSPS) is 23.1. The minimum atomic E-state index is -0.628. The third-order valence-electron chi connectivity index (χ3n) is 3.27. The molecule has 86 valence electrons. The minimum absolute atomic E-state index is 0.0726. The van der Waals surface area contributed by atoms with Gasteiger partial charge in [0.1, 0.15) is 0 Å². The van der Waals surface area contributed by atoms with Crippen LogP contribution in [0.5, 0.6) is 0 Å². The molecular weight excluding hydrogens is 268 g/mol. The molecule has 2 rings (SSSR count). The summed E-state index contributed by atoms with van der Waals surface area (Å²) in [4.78, 5) is 10.7. The topological polar surface area (TPSA) is 37.3 Å². The van der Waals surface area contributed by atoms with E-state index in [2.05, 4.69) is 41.1 Å². The third-order valence-corrected chi connectivity index (χ3v) is 4.16.